The quantitative estimate of drug-likeness (QED) is 0.915. The van der Waals surface area contributed by atoms with E-state index in [0.717, 1.165) is 43.0 Å². The Morgan fingerprint density at radius 1 is 0.923 bits per heavy atom. The summed E-state index contributed by atoms with van der Waals surface area (Å²) in [5, 5.41) is 3.09. The fraction of sp³-hybridized carbons (Fsp3) is 0.381. The minimum atomic E-state index is -0.00925. The van der Waals surface area contributed by atoms with E-state index in [4.69, 9.17) is 0 Å². The number of anilines is 3. The molecule has 0 bridgehead atoms. The predicted molar refractivity (Wildman–Crippen MR) is 109 cm³/mol. The maximum atomic E-state index is 12.6. The highest BCUT2D eigenvalue weighted by Crippen LogP contribution is 2.22. The predicted octanol–water partition coefficient (Wildman–Crippen LogP) is 3.72. The molecule has 2 aromatic carbocycles. The van der Waals surface area contributed by atoms with Crippen LogP contribution in [0.25, 0.3) is 0 Å². The highest BCUT2D eigenvalue weighted by Gasteiger charge is 2.22. The lowest BCUT2D eigenvalue weighted by molar-refractivity contribution is 0.208. The average Bonchev–Trinajstić information content (AvgIpc) is 2.65. The van der Waals surface area contributed by atoms with Crippen LogP contribution in [0, 0.1) is 13.8 Å². The lowest BCUT2D eigenvalue weighted by Gasteiger charge is -2.36. The van der Waals surface area contributed by atoms with Crippen molar-refractivity contribution < 1.29 is 4.79 Å². The number of para-hydroxylation sites is 1. The number of carbonyl (C=O) groups is 1. The van der Waals surface area contributed by atoms with Crippen molar-refractivity contribution in [2.24, 2.45) is 0 Å². The Balaban J connectivity index is 1.58. The van der Waals surface area contributed by atoms with Gasteiger partial charge in [-0.05, 0) is 49.2 Å². The number of hydrogen-bond donors (Lipinski definition) is 1. The third kappa shape index (κ3) is 3.93. The number of hydrogen-bond acceptors (Lipinski definition) is 3. The van der Waals surface area contributed by atoms with Gasteiger partial charge in [0.15, 0.2) is 0 Å². The van der Waals surface area contributed by atoms with Gasteiger partial charge in [-0.15, -0.1) is 0 Å². The molecule has 1 N–H and O–H groups in total. The molecule has 138 valence electrons. The molecule has 0 aromatic heterocycles. The fourth-order valence-corrected chi connectivity index (χ4v) is 3.33. The van der Waals surface area contributed by atoms with Gasteiger partial charge in [0.2, 0.25) is 0 Å². The fourth-order valence-electron chi connectivity index (χ4n) is 3.33. The number of piperazine rings is 1. The van der Waals surface area contributed by atoms with Gasteiger partial charge < -0.3 is 20.0 Å². The van der Waals surface area contributed by atoms with Gasteiger partial charge in [-0.1, -0.05) is 18.2 Å². The molecule has 1 aliphatic heterocycles. The van der Waals surface area contributed by atoms with Gasteiger partial charge in [0.1, 0.15) is 0 Å². The maximum absolute atomic E-state index is 12.6. The summed E-state index contributed by atoms with van der Waals surface area (Å²) in [6, 6.07) is 14.6. The highest BCUT2D eigenvalue weighted by molar-refractivity contribution is 5.91. The largest absolute Gasteiger partial charge is 0.378 e. The molecule has 0 aliphatic carbocycles. The van der Waals surface area contributed by atoms with Crippen LogP contribution in [0.3, 0.4) is 0 Å². The van der Waals surface area contributed by atoms with E-state index in [0.29, 0.717) is 0 Å². The normalized spacial score (nSPS) is 14.3. The van der Waals surface area contributed by atoms with Crippen LogP contribution in [0.5, 0.6) is 0 Å². The molecule has 2 amide bonds. The molecule has 1 heterocycles. The number of aryl methyl sites for hydroxylation is 2. The Morgan fingerprint density at radius 3 is 2.04 bits per heavy atom. The van der Waals surface area contributed by atoms with E-state index >= 15 is 0 Å². The van der Waals surface area contributed by atoms with Gasteiger partial charge in [-0.3, -0.25) is 0 Å². The number of urea groups is 1. The first-order chi connectivity index (χ1) is 12.5. The minimum Gasteiger partial charge on any atom is -0.378 e. The van der Waals surface area contributed by atoms with Crippen molar-refractivity contribution in [3.8, 4) is 0 Å². The van der Waals surface area contributed by atoms with E-state index in [2.05, 4.69) is 39.4 Å². The van der Waals surface area contributed by atoms with Crippen molar-refractivity contribution in [1.82, 2.24) is 4.90 Å². The van der Waals surface area contributed by atoms with Crippen LogP contribution in [0.1, 0.15) is 11.1 Å². The van der Waals surface area contributed by atoms with Gasteiger partial charge in [-0.2, -0.15) is 0 Å². The van der Waals surface area contributed by atoms with E-state index in [1.54, 1.807) is 0 Å². The molecule has 2 aromatic rings. The lowest BCUT2D eigenvalue weighted by atomic mass is 10.1. The lowest BCUT2D eigenvalue weighted by Crippen LogP contribution is -2.50. The summed E-state index contributed by atoms with van der Waals surface area (Å²) in [6.45, 7) is 7.21. The SMILES string of the molecule is Cc1cccc(C)c1NC(=O)N1CCN(c2ccc(N(C)C)cc2)CC1. The van der Waals surface area contributed by atoms with Gasteiger partial charge in [0.05, 0.1) is 0 Å². The molecule has 5 heteroatoms. The van der Waals surface area contributed by atoms with Crippen LogP contribution in [0.4, 0.5) is 21.9 Å². The van der Waals surface area contributed by atoms with Crippen LogP contribution in [0.15, 0.2) is 42.5 Å². The van der Waals surface area contributed by atoms with Gasteiger partial charge in [-0.25, -0.2) is 4.79 Å². The smallest absolute Gasteiger partial charge is 0.321 e. The molecule has 3 rings (SSSR count). The van der Waals surface area contributed by atoms with Crippen LogP contribution in [-0.4, -0.2) is 51.2 Å². The summed E-state index contributed by atoms with van der Waals surface area (Å²) < 4.78 is 0. The molecule has 1 fully saturated rings. The number of benzene rings is 2. The minimum absolute atomic E-state index is 0.00925. The van der Waals surface area contributed by atoms with E-state index in [-0.39, 0.29) is 6.03 Å². The van der Waals surface area contributed by atoms with E-state index in [1.807, 2.05) is 51.0 Å². The molecular formula is C21H28N4O. The van der Waals surface area contributed by atoms with Gasteiger partial charge >= 0.3 is 6.03 Å². The standard InChI is InChI=1S/C21H28N4O/c1-16-6-5-7-17(2)20(16)22-21(26)25-14-12-24(13-15-25)19-10-8-18(9-11-19)23(3)4/h5-11H,12-15H2,1-4H3,(H,22,26). The number of rotatable bonds is 3. The number of amides is 2. The molecule has 1 saturated heterocycles. The first-order valence-electron chi connectivity index (χ1n) is 9.10. The third-order valence-electron chi connectivity index (χ3n) is 5.01. The van der Waals surface area contributed by atoms with Crippen LogP contribution in [0.2, 0.25) is 0 Å². The summed E-state index contributed by atoms with van der Waals surface area (Å²) in [6.07, 6.45) is 0. The van der Waals surface area contributed by atoms with Crippen molar-refractivity contribution in [1.29, 1.82) is 0 Å². The molecule has 0 saturated carbocycles. The summed E-state index contributed by atoms with van der Waals surface area (Å²) in [5.74, 6) is 0. The average molecular weight is 352 g/mol. The van der Waals surface area contributed by atoms with Gasteiger partial charge in [0.25, 0.3) is 0 Å². The third-order valence-corrected chi connectivity index (χ3v) is 5.01. The van der Waals surface area contributed by atoms with Crippen LogP contribution < -0.4 is 15.1 Å². The van der Waals surface area contributed by atoms with E-state index < -0.39 is 0 Å². The zero-order valence-corrected chi connectivity index (χ0v) is 16.1. The second-order valence-electron chi connectivity index (χ2n) is 7.08. The Kier molecular flexibility index (Phi) is 5.35. The molecule has 0 atom stereocenters. The molecule has 5 nitrogen and oxygen atoms in total. The molecular weight excluding hydrogens is 324 g/mol. The Hall–Kier alpha value is -2.69. The second kappa shape index (κ2) is 7.68. The summed E-state index contributed by atoms with van der Waals surface area (Å²) in [4.78, 5) is 19.0. The topological polar surface area (TPSA) is 38.8 Å². The Labute approximate surface area is 156 Å². The zero-order chi connectivity index (χ0) is 18.7. The first kappa shape index (κ1) is 18.1. The van der Waals surface area contributed by atoms with Crippen molar-refractivity contribution in [3.63, 3.8) is 0 Å². The maximum Gasteiger partial charge on any atom is 0.321 e. The summed E-state index contributed by atoms with van der Waals surface area (Å²) in [5.41, 5.74) is 5.53. The van der Waals surface area contributed by atoms with Crippen molar-refractivity contribution in [2.45, 2.75) is 13.8 Å². The molecule has 1 aliphatic rings. The number of nitrogens with zero attached hydrogens (tertiary/aromatic N) is 3. The highest BCUT2D eigenvalue weighted by atomic mass is 16.2. The van der Waals surface area contributed by atoms with Crippen molar-refractivity contribution in [3.05, 3.63) is 53.6 Å². The van der Waals surface area contributed by atoms with Crippen molar-refractivity contribution >= 4 is 23.1 Å². The van der Waals surface area contributed by atoms with E-state index in [9.17, 15) is 4.79 Å². The van der Waals surface area contributed by atoms with Crippen molar-refractivity contribution in [2.75, 3.05) is 55.4 Å². The second-order valence-corrected chi connectivity index (χ2v) is 7.08. The number of carbonyl (C=O) groups excluding carboxylic acids is 1. The van der Waals surface area contributed by atoms with Gasteiger partial charge in [0, 0.05) is 57.3 Å². The molecule has 26 heavy (non-hydrogen) atoms. The monoisotopic (exact) mass is 352 g/mol. The van der Waals surface area contributed by atoms with Crippen LogP contribution in [-0.2, 0) is 0 Å². The molecule has 0 radical (unpaired) electrons. The molecule has 0 unspecified atom stereocenters. The summed E-state index contributed by atoms with van der Waals surface area (Å²) >= 11 is 0. The van der Waals surface area contributed by atoms with Crippen LogP contribution >= 0.6 is 0 Å². The number of nitrogens with one attached hydrogen (secondary N) is 1. The Morgan fingerprint density at radius 2 is 1.50 bits per heavy atom. The Bertz CT molecular complexity index is 742. The summed E-state index contributed by atoms with van der Waals surface area (Å²) in [7, 11) is 4.09. The first-order valence-corrected chi connectivity index (χ1v) is 9.10. The molecule has 0 spiro atoms. The zero-order valence-electron chi connectivity index (χ0n) is 16.1. The van der Waals surface area contributed by atoms with E-state index in [1.165, 1.54) is 11.4 Å².